The van der Waals surface area contributed by atoms with Crippen molar-refractivity contribution in [1.82, 2.24) is 10.2 Å². The molecule has 2 aliphatic heterocycles. The van der Waals surface area contributed by atoms with E-state index in [4.69, 9.17) is 10.5 Å². The van der Waals surface area contributed by atoms with Crippen molar-refractivity contribution >= 4 is 29.5 Å². The fraction of sp³-hybridized carbons (Fsp3) is 0.421. The fourth-order valence-corrected chi connectivity index (χ4v) is 4.37. The van der Waals surface area contributed by atoms with Crippen LogP contribution in [0.15, 0.2) is 41.8 Å². The number of carbonyl (C=O) groups is 3. The third-order valence-corrected chi connectivity index (χ3v) is 5.90. The smallest absolute Gasteiger partial charge is 0.356 e. The van der Waals surface area contributed by atoms with Crippen molar-refractivity contribution in [1.29, 1.82) is 0 Å². The van der Waals surface area contributed by atoms with Crippen molar-refractivity contribution in [2.75, 3.05) is 12.4 Å². The van der Waals surface area contributed by atoms with Crippen LogP contribution in [0.2, 0.25) is 0 Å². The first kappa shape index (κ1) is 20.2. The van der Waals surface area contributed by atoms with Gasteiger partial charge in [0, 0.05) is 0 Å². The molecule has 1 aromatic rings. The second kappa shape index (κ2) is 8.66. The van der Waals surface area contributed by atoms with Gasteiger partial charge in [-0.15, -0.1) is 11.8 Å². The molecule has 3 atom stereocenters. The van der Waals surface area contributed by atoms with E-state index >= 15 is 0 Å². The van der Waals surface area contributed by atoms with Gasteiger partial charge in [0.2, 0.25) is 5.91 Å². The van der Waals surface area contributed by atoms with E-state index in [-0.39, 0.29) is 5.70 Å². The number of thioether (sulfide) groups is 1. The molecule has 28 heavy (non-hydrogen) atoms. The summed E-state index contributed by atoms with van der Waals surface area (Å²) in [7, 11) is 0. The summed E-state index contributed by atoms with van der Waals surface area (Å²) >= 11 is 1.36. The van der Waals surface area contributed by atoms with Gasteiger partial charge in [-0.2, -0.15) is 0 Å². The summed E-state index contributed by atoms with van der Waals surface area (Å²) in [5, 5.41) is 11.7. The zero-order chi connectivity index (χ0) is 20.3. The normalized spacial score (nSPS) is 22.2. The molecule has 150 valence electrons. The van der Waals surface area contributed by atoms with Crippen LogP contribution in [-0.2, 0) is 19.1 Å². The van der Waals surface area contributed by atoms with Crippen molar-refractivity contribution in [2.45, 2.75) is 37.2 Å². The molecule has 2 amide bonds. The summed E-state index contributed by atoms with van der Waals surface area (Å²) in [6, 6.07) is 7.14. The molecule has 0 saturated carbocycles. The van der Waals surface area contributed by atoms with Crippen molar-refractivity contribution in [3.63, 3.8) is 0 Å². The molecule has 4 N–H and O–H groups in total. The van der Waals surface area contributed by atoms with E-state index in [9.17, 15) is 19.5 Å². The van der Waals surface area contributed by atoms with E-state index in [2.05, 4.69) is 5.32 Å². The Balaban J connectivity index is 1.69. The standard InChI is InChI=1S/C19H23N3O5S/c1-2-3-9-27-12-10-28-18-14(17(24)22(18)15(12)19(25)26)21-16(23)13(20)11-7-5-4-6-8-11/h4-8,13-14,18H,2-3,9-10,20H2,1H3,(H,21,23)(H,25,26)/t13-,14-,18-/m1/s1. The highest BCUT2D eigenvalue weighted by atomic mass is 32.2. The zero-order valence-electron chi connectivity index (χ0n) is 15.5. The average Bonchev–Trinajstić information content (AvgIpc) is 2.71. The van der Waals surface area contributed by atoms with E-state index in [0.29, 0.717) is 23.7 Å². The number of rotatable bonds is 8. The van der Waals surface area contributed by atoms with Gasteiger partial charge in [0.05, 0.1) is 12.4 Å². The number of hydrogen-bond acceptors (Lipinski definition) is 6. The zero-order valence-corrected chi connectivity index (χ0v) is 16.3. The van der Waals surface area contributed by atoms with E-state index in [0.717, 1.165) is 12.8 Å². The molecule has 9 heteroatoms. The number of unbranched alkanes of at least 4 members (excludes halogenated alkanes) is 1. The Hall–Kier alpha value is -2.52. The van der Waals surface area contributed by atoms with Crippen LogP contribution in [-0.4, -0.2) is 51.6 Å². The lowest BCUT2D eigenvalue weighted by Crippen LogP contribution is -2.71. The highest BCUT2D eigenvalue weighted by Crippen LogP contribution is 2.40. The first-order valence-corrected chi connectivity index (χ1v) is 10.2. The topological polar surface area (TPSA) is 122 Å². The number of benzene rings is 1. The van der Waals surface area contributed by atoms with Crippen LogP contribution in [0.4, 0.5) is 0 Å². The molecular formula is C19H23N3O5S. The first-order chi connectivity index (χ1) is 13.5. The Morgan fingerprint density at radius 1 is 1.39 bits per heavy atom. The average molecular weight is 405 g/mol. The predicted octanol–water partition coefficient (Wildman–Crippen LogP) is 1.20. The van der Waals surface area contributed by atoms with Gasteiger partial charge in [0.15, 0.2) is 5.70 Å². The molecule has 1 aromatic carbocycles. The van der Waals surface area contributed by atoms with Crippen LogP contribution >= 0.6 is 11.8 Å². The summed E-state index contributed by atoms with van der Waals surface area (Å²) < 4.78 is 5.59. The number of carboxylic acids is 1. The maximum atomic E-state index is 12.6. The second-order valence-corrected chi connectivity index (χ2v) is 7.67. The van der Waals surface area contributed by atoms with Gasteiger partial charge in [-0.25, -0.2) is 4.79 Å². The lowest BCUT2D eigenvalue weighted by atomic mass is 10.0. The van der Waals surface area contributed by atoms with Crippen LogP contribution < -0.4 is 11.1 Å². The monoisotopic (exact) mass is 405 g/mol. The third kappa shape index (κ3) is 3.85. The highest BCUT2D eigenvalue weighted by Gasteiger charge is 2.55. The lowest BCUT2D eigenvalue weighted by molar-refractivity contribution is -0.151. The Kier molecular flexibility index (Phi) is 6.25. The van der Waals surface area contributed by atoms with Crippen molar-refractivity contribution in [2.24, 2.45) is 5.73 Å². The molecular weight excluding hydrogens is 382 g/mol. The molecule has 2 aliphatic rings. The fourth-order valence-electron chi connectivity index (χ4n) is 3.10. The van der Waals surface area contributed by atoms with E-state index in [1.54, 1.807) is 24.3 Å². The molecule has 8 nitrogen and oxygen atoms in total. The van der Waals surface area contributed by atoms with Gasteiger partial charge in [-0.1, -0.05) is 43.7 Å². The molecule has 0 bridgehead atoms. The number of carboxylic acid groups (broad SMARTS) is 1. The minimum absolute atomic E-state index is 0.136. The number of β-lactam (4-membered cyclic amide) rings is 1. The first-order valence-electron chi connectivity index (χ1n) is 9.10. The Labute approximate surface area is 167 Å². The minimum Gasteiger partial charge on any atom is -0.495 e. The summed E-state index contributed by atoms with van der Waals surface area (Å²) in [5.74, 6) is -1.54. The Morgan fingerprint density at radius 2 is 2.11 bits per heavy atom. The number of nitrogens with one attached hydrogen (secondary N) is 1. The van der Waals surface area contributed by atoms with Crippen LogP contribution in [0.1, 0.15) is 31.4 Å². The van der Waals surface area contributed by atoms with Gasteiger partial charge >= 0.3 is 5.97 Å². The number of aliphatic carboxylic acids is 1. The molecule has 0 aromatic heterocycles. The second-order valence-electron chi connectivity index (χ2n) is 6.56. The van der Waals surface area contributed by atoms with Gasteiger partial charge in [-0.3, -0.25) is 14.5 Å². The number of hydrogen-bond donors (Lipinski definition) is 3. The molecule has 1 saturated heterocycles. The van der Waals surface area contributed by atoms with Crippen LogP contribution in [0, 0.1) is 0 Å². The largest absolute Gasteiger partial charge is 0.495 e. The van der Waals surface area contributed by atoms with E-state index < -0.39 is 35.2 Å². The number of fused-ring (bicyclic) bond motifs is 1. The maximum Gasteiger partial charge on any atom is 0.356 e. The molecule has 0 aliphatic carbocycles. The van der Waals surface area contributed by atoms with E-state index in [1.165, 1.54) is 16.7 Å². The molecule has 0 spiro atoms. The number of amides is 2. The summed E-state index contributed by atoms with van der Waals surface area (Å²) in [6.07, 6.45) is 1.72. The number of nitrogens with zero attached hydrogens (tertiary/aromatic N) is 1. The summed E-state index contributed by atoms with van der Waals surface area (Å²) in [4.78, 5) is 37.9. The quantitative estimate of drug-likeness (QED) is 0.439. The van der Waals surface area contributed by atoms with Gasteiger partial charge in [0.1, 0.15) is 23.2 Å². The Bertz CT molecular complexity index is 798. The van der Waals surface area contributed by atoms with Gasteiger partial charge in [-0.05, 0) is 12.0 Å². The van der Waals surface area contributed by atoms with Crippen molar-refractivity contribution in [3.8, 4) is 0 Å². The predicted molar refractivity (Wildman–Crippen MR) is 104 cm³/mol. The molecule has 0 unspecified atom stereocenters. The SMILES string of the molecule is CCCCOC1=C(C(=O)O)N2C(=O)[C@@H](NC(=O)[C@H](N)c3ccccc3)[C@H]2SC1. The van der Waals surface area contributed by atoms with Gasteiger partial charge < -0.3 is 20.9 Å². The van der Waals surface area contributed by atoms with Crippen molar-refractivity contribution in [3.05, 3.63) is 47.4 Å². The molecule has 1 fully saturated rings. The number of nitrogens with two attached hydrogens (primary N) is 1. The van der Waals surface area contributed by atoms with E-state index in [1.807, 2.05) is 13.0 Å². The van der Waals surface area contributed by atoms with Crippen LogP contribution in [0.25, 0.3) is 0 Å². The molecule has 3 rings (SSSR count). The molecule has 0 radical (unpaired) electrons. The maximum absolute atomic E-state index is 12.6. The minimum atomic E-state index is -1.21. The van der Waals surface area contributed by atoms with Gasteiger partial charge in [0.25, 0.3) is 5.91 Å². The van der Waals surface area contributed by atoms with Crippen molar-refractivity contribution < 1.29 is 24.2 Å². The summed E-state index contributed by atoms with van der Waals surface area (Å²) in [6.45, 7) is 2.41. The van der Waals surface area contributed by atoms with Crippen LogP contribution in [0.3, 0.4) is 0 Å². The number of carbonyl (C=O) groups excluding carboxylic acids is 2. The molecule has 2 heterocycles. The third-order valence-electron chi connectivity index (χ3n) is 4.65. The highest BCUT2D eigenvalue weighted by molar-refractivity contribution is 8.00. The Morgan fingerprint density at radius 3 is 2.75 bits per heavy atom. The van der Waals surface area contributed by atoms with Crippen LogP contribution in [0.5, 0.6) is 0 Å². The number of ether oxygens (including phenoxy) is 1. The lowest BCUT2D eigenvalue weighted by Gasteiger charge is -2.49. The summed E-state index contributed by atoms with van der Waals surface area (Å²) in [5.41, 5.74) is 6.48.